The summed E-state index contributed by atoms with van der Waals surface area (Å²) in [5.41, 5.74) is 2.25. The van der Waals surface area contributed by atoms with Crippen LogP contribution in [0.2, 0.25) is 0 Å². The van der Waals surface area contributed by atoms with Crippen LogP contribution in [0.5, 0.6) is 0 Å². The van der Waals surface area contributed by atoms with Gasteiger partial charge in [-0.1, -0.05) is 25.0 Å². The molecule has 116 valence electrons. The van der Waals surface area contributed by atoms with Gasteiger partial charge in [0.1, 0.15) is 5.82 Å². The van der Waals surface area contributed by atoms with Crippen LogP contribution in [0.15, 0.2) is 24.3 Å². The molecule has 1 unspecified atom stereocenters. The van der Waals surface area contributed by atoms with Crippen molar-refractivity contribution in [3.63, 3.8) is 0 Å². The number of para-hydroxylation sites is 2. The molecule has 0 spiro atoms. The smallest absolute Gasteiger partial charge is 0.225 e. The minimum atomic E-state index is 0.291. The quantitative estimate of drug-likeness (QED) is 0.853. The van der Waals surface area contributed by atoms with Gasteiger partial charge in [-0.25, -0.2) is 4.98 Å². The van der Waals surface area contributed by atoms with Crippen LogP contribution in [-0.4, -0.2) is 33.4 Å². The average molecular weight is 297 g/mol. The third-order valence-electron chi connectivity index (χ3n) is 5.32. The molecule has 2 heterocycles. The second-order valence-corrected chi connectivity index (χ2v) is 6.73. The first-order chi connectivity index (χ1) is 10.7. The summed E-state index contributed by atoms with van der Waals surface area (Å²) < 4.78 is 2.33. The molecule has 0 bridgehead atoms. The molecule has 1 saturated carbocycles. The molecule has 22 heavy (non-hydrogen) atoms. The zero-order valence-electron chi connectivity index (χ0n) is 13.2. The van der Waals surface area contributed by atoms with Crippen LogP contribution >= 0.6 is 0 Å². The van der Waals surface area contributed by atoms with Gasteiger partial charge in [-0.2, -0.15) is 0 Å². The van der Waals surface area contributed by atoms with Gasteiger partial charge in [-0.05, 0) is 38.3 Å². The van der Waals surface area contributed by atoms with E-state index in [-0.39, 0.29) is 0 Å². The lowest BCUT2D eigenvalue weighted by Crippen LogP contribution is -2.33. The highest BCUT2D eigenvalue weighted by molar-refractivity contribution is 5.80. The van der Waals surface area contributed by atoms with Crippen molar-refractivity contribution in [2.24, 2.45) is 5.92 Å². The number of benzene rings is 1. The molecule has 1 aliphatic carbocycles. The fraction of sp³-hybridized carbons (Fsp3) is 0.556. The zero-order chi connectivity index (χ0) is 15.1. The van der Waals surface area contributed by atoms with E-state index < -0.39 is 0 Å². The number of carbonyl (C=O) groups is 1. The molecule has 1 aromatic carbocycles. The van der Waals surface area contributed by atoms with E-state index in [2.05, 4.69) is 39.6 Å². The average Bonchev–Trinajstić information content (AvgIpc) is 3.25. The van der Waals surface area contributed by atoms with Crippen LogP contribution in [-0.2, 0) is 4.79 Å². The lowest BCUT2D eigenvalue weighted by atomic mass is 10.1. The standard InChI is InChI=1S/C18H23N3O/c1-13-19-16-8-4-5-9-17(16)21(13)15-10-11-20(12-15)18(22)14-6-2-3-7-14/h4-5,8-9,14-15H,2-3,6-7,10-12H2,1H3. The molecule has 1 saturated heterocycles. The molecule has 2 aromatic rings. The monoisotopic (exact) mass is 297 g/mol. The minimum absolute atomic E-state index is 0.291. The Hall–Kier alpha value is -1.84. The van der Waals surface area contributed by atoms with Gasteiger partial charge in [-0.15, -0.1) is 0 Å². The molecule has 4 heteroatoms. The second-order valence-electron chi connectivity index (χ2n) is 6.73. The largest absolute Gasteiger partial charge is 0.340 e. The number of hydrogen-bond donors (Lipinski definition) is 0. The van der Waals surface area contributed by atoms with E-state index in [4.69, 9.17) is 0 Å². The number of carbonyl (C=O) groups excluding carboxylic acids is 1. The Labute approximate surface area is 131 Å². The fourth-order valence-corrected chi connectivity index (χ4v) is 4.21. The van der Waals surface area contributed by atoms with Gasteiger partial charge in [-0.3, -0.25) is 4.79 Å². The third-order valence-corrected chi connectivity index (χ3v) is 5.32. The Kier molecular flexibility index (Phi) is 3.40. The second kappa shape index (κ2) is 5.41. The van der Waals surface area contributed by atoms with Crippen molar-refractivity contribution in [2.75, 3.05) is 13.1 Å². The van der Waals surface area contributed by atoms with Crippen molar-refractivity contribution in [1.29, 1.82) is 0 Å². The fourth-order valence-electron chi connectivity index (χ4n) is 4.21. The van der Waals surface area contributed by atoms with E-state index >= 15 is 0 Å². The summed E-state index contributed by atoms with van der Waals surface area (Å²) in [4.78, 5) is 19.4. The number of nitrogens with zero attached hydrogens (tertiary/aromatic N) is 3. The first kappa shape index (κ1) is 13.8. The van der Waals surface area contributed by atoms with Gasteiger partial charge in [0.05, 0.1) is 17.1 Å². The maximum Gasteiger partial charge on any atom is 0.225 e. The van der Waals surface area contributed by atoms with E-state index in [9.17, 15) is 4.79 Å². The van der Waals surface area contributed by atoms with E-state index in [1.807, 2.05) is 6.07 Å². The molecule has 4 rings (SSSR count). The molecule has 1 amide bonds. The summed E-state index contributed by atoms with van der Waals surface area (Å²) in [7, 11) is 0. The Morgan fingerprint density at radius 2 is 1.95 bits per heavy atom. The number of hydrogen-bond acceptors (Lipinski definition) is 2. The summed E-state index contributed by atoms with van der Waals surface area (Å²) >= 11 is 0. The van der Waals surface area contributed by atoms with Crippen LogP contribution in [0.1, 0.15) is 44.0 Å². The summed E-state index contributed by atoms with van der Waals surface area (Å²) in [6.45, 7) is 3.81. The number of fused-ring (bicyclic) bond motifs is 1. The number of amides is 1. The summed E-state index contributed by atoms with van der Waals surface area (Å²) in [6, 6.07) is 8.67. The van der Waals surface area contributed by atoms with Gasteiger partial charge in [0.15, 0.2) is 0 Å². The maximum atomic E-state index is 12.6. The molecule has 1 aliphatic heterocycles. The topological polar surface area (TPSA) is 38.1 Å². The highest BCUT2D eigenvalue weighted by atomic mass is 16.2. The molecule has 2 fully saturated rings. The lowest BCUT2D eigenvalue weighted by molar-refractivity contribution is -0.134. The molecule has 2 aliphatic rings. The molecule has 0 radical (unpaired) electrons. The van der Waals surface area contributed by atoms with Crippen molar-refractivity contribution in [3.05, 3.63) is 30.1 Å². The van der Waals surface area contributed by atoms with Crippen molar-refractivity contribution in [3.8, 4) is 0 Å². The van der Waals surface area contributed by atoms with Crippen LogP contribution in [0.4, 0.5) is 0 Å². The number of aromatic nitrogens is 2. The predicted octanol–water partition coefficient (Wildman–Crippen LogP) is 3.31. The van der Waals surface area contributed by atoms with Crippen molar-refractivity contribution in [1.82, 2.24) is 14.5 Å². The van der Waals surface area contributed by atoms with Gasteiger partial charge in [0.25, 0.3) is 0 Å². The van der Waals surface area contributed by atoms with Gasteiger partial charge in [0.2, 0.25) is 5.91 Å². The third kappa shape index (κ3) is 2.21. The van der Waals surface area contributed by atoms with Crippen LogP contribution in [0.3, 0.4) is 0 Å². The van der Waals surface area contributed by atoms with Crippen LogP contribution < -0.4 is 0 Å². The highest BCUT2D eigenvalue weighted by Crippen LogP contribution is 2.32. The van der Waals surface area contributed by atoms with Gasteiger partial charge < -0.3 is 9.47 Å². The van der Waals surface area contributed by atoms with Crippen molar-refractivity contribution >= 4 is 16.9 Å². The maximum absolute atomic E-state index is 12.6. The summed E-state index contributed by atoms with van der Waals surface area (Å²) in [6.07, 6.45) is 5.66. The SMILES string of the molecule is Cc1nc2ccccc2n1C1CCN(C(=O)C2CCCC2)C1. The van der Waals surface area contributed by atoms with Crippen molar-refractivity contribution < 1.29 is 4.79 Å². The molecule has 4 nitrogen and oxygen atoms in total. The van der Waals surface area contributed by atoms with E-state index in [1.54, 1.807) is 0 Å². The zero-order valence-corrected chi connectivity index (χ0v) is 13.2. The highest BCUT2D eigenvalue weighted by Gasteiger charge is 2.33. The summed E-state index contributed by atoms with van der Waals surface area (Å²) in [5.74, 6) is 1.74. The minimum Gasteiger partial charge on any atom is -0.340 e. The van der Waals surface area contributed by atoms with Gasteiger partial charge in [0, 0.05) is 19.0 Å². The summed E-state index contributed by atoms with van der Waals surface area (Å²) in [5, 5.41) is 0. The van der Waals surface area contributed by atoms with E-state index in [0.29, 0.717) is 17.9 Å². The number of imidazole rings is 1. The Balaban J connectivity index is 1.56. The first-order valence-corrected chi connectivity index (χ1v) is 8.46. The molecule has 1 atom stereocenters. The molecule has 1 aromatic heterocycles. The molecular weight excluding hydrogens is 274 g/mol. The van der Waals surface area contributed by atoms with Gasteiger partial charge >= 0.3 is 0 Å². The van der Waals surface area contributed by atoms with E-state index in [1.165, 1.54) is 18.4 Å². The molecule has 0 N–H and O–H groups in total. The number of likely N-dealkylation sites (tertiary alicyclic amines) is 1. The number of aryl methyl sites for hydroxylation is 1. The van der Waals surface area contributed by atoms with E-state index in [0.717, 1.165) is 43.7 Å². The number of rotatable bonds is 2. The van der Waals surface area contributed by atoms with Crippen molar-refractivity contribution in [2.45, 2.75) is 45.1 Å². The first-order valence-electron chi connectivity index (χ1n) is 8.46. The van der Waals surface area contributed by atoms with Crippen LogP contribution in [0, 0.1) is 12.8 Å². The molecular formula is C18H23N3O. The normalized spacial score (nSPS) is 22.8. The Morgan fingerprint density at radius 1 is 1.18 bits per heavy atom. The predicted molar refractivity (Wildman–Crippen MR) is 86.7 cm³/mol. The Morgan fingerprint density at radius 3 is 2.77 bits per heavy atom. The Bertz CT molecular complexity index is 699. The lowest BCUT2D eigenvalue weighted by Gasteiger charge is -2.21. The van der Waals surface area contributed by atoms with Crippen LogP contribution in [0.25, 0.3) is 11.0 Å².